The third-order valence-electron chi connectivity index (χ3n) is 1.93. The van der Waals surface area contributed by atoms with Crippen molar-refractivity contribution in [3.8, 4) is 0 Å². The first-order valence-electron chi connectivity index (χ1n) is 4.18. The van der Waals surface area contributed by atoms with E-state index in [0.717, 1.165) is 0 Å². The molecular formula is C10H4Cl5O2-. The Balaban J connectivity index is 3.56. The summed E-state index contributed by atoms with van der Waals surface area (Å²) in [6.45, 7) is 1.33. The summed E-state index contributed by atoms with van der Waals surface area (Å²) in [5.74, 6) is -1.35. The maximum absolute atomic E-state index is 10.6. The van der Waals surface area contributed by atoms with Crippen molar-refractivity contribution < 1.29 is 9.90 Å². The fourth-order valence-electron chi connectivity index (χ4n) is 1.02. The highest BCUT2D eigenvalue weighted by atomic mass is 35.5. The molecule has 0 fully saturated rings. The lowest BCUT2D eigenvalue weighted by atomic mass is 10.1. The Hall–Kier alpha value is -0.120. The van der Waals surface area contributed by atoms with E-state index in [-0.39, 0.29) is 36.2 Å². The zero-order valence-corrected chi connectivity index (χ0v) is 12.1. The molecule has 0 amide bonds. The van der Waals surface area contributed by atoms with Crippen LogP contribution in [0.1, 0.15) is 12.5 Å². The monoisotopic (exact) mass is 331 g/mol. The first-order valence-corrected chi connectivity index (χ1v) is 6.07. The molecular weight excluding hydrogens is 329 g/mol. The first kappa shape index (κ1) is 14.9. The molecule has 0 heterocycles. The van der Waals surface area contributed by atoms with Gasteiger partial charge in [-0.25, -0.2) is 0 Å². The van der Waals surface area contributed by atoms with Crippen molar-refractivity contribution in [1.82, 2.24) is 0 Å². The number of rotatable bonds is 2. The molecule has 0 N–H and O–H groups in total. The number of carboxylic acid groups (broad SMARTS) is 1. The molecule has 0 aliphatic carbocycles. The number of hydrogen-bond acceptors (Lipinski definition) is 2. The van der Waals surface area contributed by atoms with E-state index in [1.807, 2.05) is 0 Å². The van der Waals surface area contributed by atoms with Gasteiger partial charge in [0.1, 0.15) is 0 Å². The average molecular weight is 333 g/mol. The molecule has 0 aliphatic heterocycles. The summed E-state index contributed by atoms with van der Waals surface area (Å²) < 4.78 is 0. The van der Waals surface area contributed by atoms with Crippen molar-refractivity contribution in [2.75, 3.05) is 0 Å². The summed E-state index contributed by atoms with van der Waals surface area (Å²) in [7, 11) is 0. The van der Waals surface area contributed by atoms with E-state index in [1.165, 1.54) is 13.0 Å². The number of carbonyl (C=O) groups excluding carboxylic acids is 1. The minimum absolute atomic E-state index is 0.0140. The quantitative estimate of drug-likeness (QED) is 0.464. The normalized spacial score (nSPS) is 11.8. The minimum atomic E-state index is -1.35. The van der Waals surface area contributed by atoms with Crippen molar-refractivity contribution in [2.24, 2.45) is 0 Å². The Morgan fingerprint density at radius 2 is 1.29 bits per heavy atom. The highest BCUT2D eigenvalue weighted by Crippen LogP contribution is 2.44. The lowest BCUT2D eigenvalue weighted by Gasteiger charge is -2.10. The van der Waals surface area contributed by atoms with E-state index in [0.29, 0.717) is 0 Å². The molecule has 1 aromatic carbocycles. The second kappa shape index (κ2) is 5.68. The summed E-state index contributed by atoms with van der Waals surface area (Å²) in [5, 5.41) is 10.7. The van der Waals surface area contributed by atoms with E-state index in [4.69, 9.17) is 58.0 Å². The van der Waals surface area contributed by atoms with Crippen molar-refractivity contribution in [3.05, 3.63) is 36.2 Å². The Bertz CT molecular complexity index is 493. The van der Waals surface area contributed by atoms with Crippen LogP contribution in [0, 0.1) is 0 Å². The van der Waals surface area contributed by atoms with Gasteiger partial charge in [0.25, 0.3) is 0 Å². The maximum Gasteiger partial charge on any atom is 0.0809 e. The lowest BCUT2D eigenvalue weighted by Crippen LogP contribution is -2.22. The maximum atomic E-state index is 10.6. The van der Waals surface area contributed by atoms with E-state index in [1.54, 1.807) is 0 Å². The molecule has 0 saturated carbocycles. The van der Waals surface area contributed by atoms with Crippen LogP contribution in [0.2, 0.25) is 25.1 Å². The van der Waals surface area contributed by atoms with Gasteiger partial charge in [-0.2, -0.15) is 0 Å². The van der Waals surface area contributed by atoms with Crippen LogP contribution in [0.15, 0.2) is 5.57 Å². The molecule has 0 atom stereocenters. The largest absolute Gasteiger partial charge is 0.545 e. The standard InChI is InChI=1S/C10H5Cl5O2/c1-3(10(16)17)2-4-5(11)7(13)9(15)8(14)6(4)12/h2H,1H3,(H,16,17)/p-1. The van der Waals surface area contributed by atoms with Crippen LogP contribution in [0.5, 0.6) is 0 Å². The topological polar surface area (TPSA) is 40.1 Å². The second-order valence-electron chi connectivity index (χ2n) is 3.10. The number of aliphatic carboxylic acids is 1. The number of halogens is 5. The molecule has 0 radical (unpaired) electrons. The van der Waals surface area contributed by atoms with E-state index in [2.05, 4.69) is 0 Å². The van der Waals surface area contributed by atoms with Crippen LogP contribution >= 0.6 is 58.0 Å². The molecule has 1 rings (SSSR count). The Morgan fingerprint density at radius 1 is 0.941 bits per heavy atom. The number of carboxylic acids is 1. The molecule has 0 aliphatic rings. The highest BCUT2D eigenvalue weighted by Gasteiger charge is 2.17. The van der Waals surface area contributed by atoms with Crippen molar-refractivity contribution >= 4 is 70.1 Å². The summed E-state index contributed by atoms with van der Waals surface area (Å²) in [6, 6.07) is 0. The predicted molar refractivity (Wildman–Crippen MR) is 70.2 cm³/mol. The fourth-order valence-corrected chi connectivity index (χ4v) is 2.29. The van der Waals surface area contributed by atoms with Gasteiger partial charge in [0, 0.05) is 5.56 Å². The molecule has 17 heavy (non-hydrogen) atoms. The SMILES string of the molecule is CC(=Cc1c(Cl)c(Cl)c(Cl)c(Cl)c1Cl)C(=O)[O-]. The van der Waals surface area contributed by atoms with Crippen LogP contribution in [0.25, 0.3) is 6.08 Å². The first-order chi connectivity index (χ1) is 7.77. The van der Waals surface area contributed by atoms with Crippen LogP contribution < -0.4 is 5.11 Å². The van der Waals surface area contributed by atoms with Gasteiger partial charge in [-0.05, 0) is 18.6 Å². The predicted octanol–water partition coefficient (Wildman–Crippen LogP) is 4.11. The zero-order chi connectivity index (χ0) is 13.3. The smallest absolute Gasteiger partial charge is 0.0809 e. The van der Waals surface area contributed by atoms with Crippen LogP contribution in [0.4, 0.5) is 0 Å². The lowest BCUT2D eigenvalue weighted by molar-refractivity contribution is -0.299. The van der Waals surface area contributed by atoms with E-state index >= 15 is 0 Å². The van der Waals surface area contributed by atoms with E-state index < -0.39 is 5.97 Å². The second-order valence-corrected chi connectivity index (χ2v) is 4.99. The average Bonchev–Trinajstić information content (AvgIpc) is 2.29. The third kappa shape index (κ3) is 3.01. The molecule has 0 unspecified atom stereocenters. The van der Waals surface area contributed by atoms with Crippen LogP contribution in [-0.2, 0) is 4.79 Å². The highest BCUT2D eigenvalue weighted by molar-refractivity contribution is 6.55. The number of benzene rings is 1. The zero-order valence-electron chi connectivity index (χ0n) is 8.28. The van der Waals surface area contributed by atoms with Gasteiger partial charge in [-0.1, -0.05) is 58.0 Å². The molecule has 0 spiro atoms. The van der Waals surface area contributed by atoms with Gasteiger partial charge in [0.05, 0.1) is 31.1 Å². The van der Waals surface area contributed by atoms with Crippen molar-refractivity contribution in [1.29, 1.82) is 0 Å². The number of carbonyl (C=O) groups is 1. The Morgan fingerprint density at radius 3 is 1.65 bits per heavy atom. The fraction of sp³-hybridized carbons (Fsp3) is 0.100. The van der Waals surface area contributed by atoms with Gasteiger partial charge in [-0.15, -0.1) is 0 Å². The summed E-state index contributed by atoms with van der Waals surface area (Å²) in [4.78, 5) is 10.6. The minimum Gasteiger partial charge on any atom is -0.545 e. The van der Waals surface area contributed by atoms with Crippen LogP contribution in [0.3, 0.4) is 0 Å². The summed E-state index contributed by atoms with van der Waals surface area (Å²) in [5.41, 5.74) is 0.123. The molecule has 0 aromatic heterocycles. The Labute approximate surface area is 123 Å². The molecule has 92 valence electrons. The van der Waals surface area contributed by atoms with Crippen LogP contribution in [-0.4, -0.2) is 5.97 Å². The van der Waals surface area contributed by atoms with Gasteiger partial charge in [0.15, 0.2) is 0 Å². The summed E-state index contributed by atoms with van der Waals surface area (Å²) >= 11 is 29.2. The van der Waals surface area contributed by atoms with Crippen molar-refractivity contribution in [2.45, 2.75) is 6.92 Å². The molecule has 0 bridgehead atoms. The molecule has 1 aromatic rings. The van der Waals surface area contributed by atoms with Gasteiger partial charge in [-0.3, -0.25) is 0 Å². The third-order valence-corrected chi connectivity index (χ3v) is 4.23. The molecule has 7 heteroatoms. The van der Waals surface area contributed by atoms with Gasteiger partial charge < -0.3 is 9.90 Å². The summed E-state index contributed by atoms with van der Waals surface area (Å²) in [6.07, 6.45) is 1.22. The van der Waals surface area contributed by atoms with Gasteiger partial charge in [0.2, 0.25) is 0 Å². The Kier molecular flexibility index (Phi) is 4.99. The number of hydrogen-bond donors (Lipinski definition) is 0. The van der Waals surface area contributed by atoms with Crippen molar-refractivity contribution in [3.63, 3.8) is 0 Å². The molecule has 2 nitrogen and oxygen atoms in total. The van der Waals surface area contributed by atoms with Gasteiger partial charge >= 0.3 is 0 Å². The molecule has 0 saturated heterocycles. The van der Waals surface area contributed by atoms with E-state index in [9.17, 15) is 9.90 Å².